The summed E-state index contributed by atoms with van der Waals surface area (Å²) in [5.74, 6) is -2.49. The van der Waals surface area contributed by atoms with E-state index in [0.717, 1.165) is 6.07 Å². The minimum atomic E-state index is -0.827. The third kappa shape index (κ3) is 6.00. The molecule has 2 rings (SSSR count). The molecule has 2 aromatic carbocycles. The molecule has 0 heterocycles. The molecule has 130 valence electrons. The zero-order chi connectivity index (χ0) is 18.2. The fourth-order valence-electron chi connectivity index (χ4n) is 1.82. The van der Waals surface area contributed by atoms with Gasteiger partial charge in [-0.15, -0.1) is 0 Å². The summed E-state index contributed by atoms with van der Waals surface area (Å²) in [4.78, 5) is 35.1. The van der Waals surface area contributed by atoms with Gasteiger partial charge in [-0.1, -0.05) is 18.2 Å². The van der Waals surface area contributed by atoms with Crippen molar-refractivity contribution >= 4 is 39.4 Å². The Balaban J connectivity index is 1.74. The summed E-state index contributed by atoms with van der Waals surface area (Å²) in [6, 6.07) is 11.9. The second-order valence-corrected chi connectivity index (χ2v) is 5.75. The third-order valence-corrected chi connectivity index (χ3v) is 3.68. The largest absolute Gasteiger partial charge is 0.452 e. The fraction of sp³-hybridized carbons (Fsp3) is 0.118. The lowest BCUT2D eigenvalue weighted by Gasteiger charge is -2.09. The van der Waals surface area contributed by atoms with E-state index < -0.39 is 30.2 Å². The summed E-state index contributed by atoms with van der Waals surface area (Å²) < 4.78 is 18.5. The molecule has 0 spiro atoms. The molecule has 8 heteroatoms. The SMILES string of the molecule is O=C(COC(=O)c1cccc(F)c1)NCC(=O)Nc1ccccc1Br. The molecule has 0 radical (unpaired) electrons. The molecular weight excluding hydrogens is 395 g/mol. The Morgan fingerprint density at radius 2 is 1.80 bits per heavy atom. The van der Waals surface area contributed by atoms with Gasteiger partial charge in [0.1, 0.15) is 5.82 Å². The number of esters is 1. The molecule has 0 saturated heterocycles. The second kappa shape index (κ2) is 8.93. The van der Waals surface area contributed by atoms with Gasteiger partial charge in [0, 0.05) is 4.47 Å². The number of ether oxygens (including phenoxy) is 1. The number of halogens is 2. The summed E-state index contributed by atoms with van der Waals surface area (Å²) in [6.45, 7) is -0.852. The van der Waals surface area contributed by atoms with Crippen molar-refractivity contribution in [3.8, 4) is 0 Å². The highest BCUT2D eigenvalue weighted by Gasteiger charge is 2.12. The highest BCUT2D eigenvalue weighted by molar-refractivity contribution is 9.10. The monoisotopic (exact) mass is 408 g/mol. The molecule has 0 fully saturated rings. The van der Waals surface area contributed by atoms with Crippen molar-refractivity contribution < 1.29 is 23.5 Å². The lowest BCUT2D eigenvalue weighted by atomic mass is 10.2. The van der Waals surface area contributed by atoms with Crippen LogP contribution in [0.1, 0.15) is 10.4 Å². The standard InChI is InChI=1S/C17H14BrFN2O4/c18-13-6-1-2-7-14(13)21-15(22)9-20-16(23)10-25-17(24)11-4-3-5-12(19)8-11/h1-8H,9-10H2,(H,20,23)(H,21,22). The Kier molecular flexibility index (Phi) is 6.64. The predicted molar refractivity (Wildman–Crippen MR) is 92.5 cm³/mol. The molecule has 0 saturated carbocycles. The highest BCUT2D eigenvalue weighted by atomic mass is 79.9. The smallest absolute Gasteiger partial charge is 0.338 e. The first-order valence-electron chi connectivity index (χ1n) is 7.19. The maximum Gasteiger partial charge on any atom is 0.338 e. The quantitative estimate of drug-likeness (QED) is 0.719. The van der Waals surface area contributed by atoms with Gasteiger partial charge in [-0.25, -0.2) is 9.18 Å². The molecule has 0 bridgehead atoms. The van der Waals surface area contributed by atoms with E-state index in [1.165, 1.54) is 18.2 Å². The molecule has 6 nitrogen and oxygen atoms in total. The minimum Gasteiger partial charge on any atom is -0.452 e. The van der Waals surface area contributed by atoms with Crippen molar-refractivity contribution in [1.82, 2.24) is 5.32 Å². The van der Waals surface area contributed by atoms with Crippen LogP contribution in [0.5, 0.6) is 0 Å². The molecule has 2 aromatic rings. The third-order valence-electron chi connectivity index (χ3n) is 2.99. The first kappa shape index (κ1) is 18.6. The van der Waals surface area contributed by atoms with Crippen molar-refractivity contribution in [3.05, 3.63) is 64.4 Å². The summed E-state index contributed by atoms with van der Waals surface area (Å²) in [5, 5.41) is 4.94. The number of anilines is 1. The van der Waals surface area contributed by atoms with Gasteiger partial charge in [-0.3, -0.25) is 9.59 Å². The van der Waals surface area contributed by atoms with Crippen LogP contribution in [0.2, 0.25) is 0 Å². The van der Waals surface area contributed by atoms with Crippen molar-refractivity contribution in [2.75, 3.05) is 18.5 Å². The molecule has 0 aliphatic carbocycles. The Morgan fingerprint density at radius 3 is 2.52 bits per heavy atom. The van der Waals surface area contributed by atoms with Crippen LogP contribution in [0.4, 0.5) is 10.1 Å². The fourth-order valence-corrected chi connectivity index (χ4v) is 2.20. The molecule has 0 unspecified atom stereocenters. The average molecular weight is 409 g/mol. The van der Waals surface area contributed by atoms with E-state index in [2.05, 4.69) is 26.6 Å². The van der Waals surface area contributed by atoms with E-state index in [4.69, 9.17) is 4.74 Å². The number of benzene rings is 2. The van der Waals surface area contributed by atoms with E-state index in [-0.39, 0.29) is 12.1 Å². The van der Waals surface area contributed by atoms with Crippen LogP contribution >= 0.6 is 15.9 Å². The molecule has 2 amide bonds. The Morgan fingerprint density at radius 1 is 1.04 bits per heavy atom. The van der Waals surface area contributed by atoms with Crippen molar-refractivity contribution in [2.24, 2.45) is 0 Å². The van der Waals surface area contributed by atoms with Crippen LogP contribution in [-0.2, 0) is 14.3 Å². The van der Waals surface area contributed by atoms with Gasteiger partial charge < -0.3 is 15.4 Å². The summed E-state index contributed by atoms with van der Waals surface area (Å²) in [7, 11) is 0. The van der Waals surface area contributed by atoms with Gasteiger partial charge in [0.2, 0.25) is 5.91 Å². The highest BCUT2D eigenvalue weighted by Crippen LogP contribution is 2.20. The Labute approximate surface area is 151 Å². The van der Waals surface area contributed by atoms with Crippen LogP contribution < -0.4 is 10.6 Å². The van der Waals surface area contributed by atoms with Crippen molar-refractivity contribution in [1.29, 1.82) is 0 Å². The zero-order valence-electron chi connectivity index (χ0n) is 12.9. The number of carbonyl (C=O) groups is 3. The number of nitrogens with one attached hydrogen (secondary N) is 2. The normalized spacial score (nSPS) is 10.0. The maximum atomic E-state index is 13.0. The lowest BCUT2D eigenvalue weighted by Crippen LogP contribution is -2.35. The first-order chi connectivity index (χ1) is 12.0. The Hall–Kier alpha value is -2.74. The predicted octanol–water partition coefficient (Wildman–Crippen LogP) is 2.50. The number of hydrogen-bond donors (Lipinski definition) is 2. The topological polar surface area (TPSA) is 84.5 Å². The van der Waals surface area contributed by atoms with E-state index >= 15 is 0 Å². The van der Waals surface area contributed by atoms with Crippen LogP contribution in [0.25, 0.3) is 0 Å². The second-order valence-electron chi connectivity index (χ2n) is 4.89. The zero-order valence-corrected chi connectivity index (χ0v) is 14.5. The number of rotatable bonds is 6. The number of carbonyl (C=O) groups excluding carboxylic acids is 3. The first-order valence-corrected chi connectivity index (χ1v) is 7.99. The molecule has 0 aromatic heterocycles. The Bertz CT molecular complexity index is 798. The van der Waals surface area contributed by atoms with Gasteiger partial charge in [-0.2, -0.15) is 0 Å². The van der Waals surface area contributed by atoms with Gasteiger partial charge in [-0.05, 0) is 46.3 Å². The van der Waals surface area contributed by atoms with Gasteiger partial charge in [0.15, 0.2) is 6.61 Å². The van der Waals surface area contributed by atoms with Gasteiger partial charge in [0.25, 0.3) is 5.91 Å². The number of para-hydroxylation sites is 1. The molecule has 0 atom stereocenters. The number of hydrogen-bond acceptors (Lipinski definition) is 4. The maximum absolute atomic E-state index is 13.0. The van der Waals surface area contributed by atoms with E-state index in [1.54, 1.807) is 24.3 Å². The van der Waals surface area contributed by atoms with Crippen LogP contribution in [0.15, 0.2) is 53.0 Å². The van der Waals surface area contributed by atoms with Crippen molar-refractivity contribution in [3.63, 3.8) is 0 Å². The van der Waals surface area contributed by atoms with E-state index in [1.807, 2.05) is 0 Å². The molecule has 25 heavy (non-hydrogen) atoms. The summed E-state index contributed by atoms with van der Waals surface area (Å²) >= 11 is 3.29. The molecule has 0 aliphatic heterocycles. The van der Waals surface area contributed by atoms with Gasteiger partial charge in [0.05, 0.1) is 17.8 Å². The molecule has 2 N–H and O–H groups in total. The van der Waals surface area contributed by atoms with E-state index in [9.17, 15) is 18.8 Å². The van der Waals surface area contributed by atoms with Crippen molar-refractivity contribution in [2.45, 2.75) is 0 Å². The number of amides is 2. The van der Waals surface area contributed by atoms with E-state index in [0.29, 0.717) is 10.2 Å². The van der Waals surface area contributed by atoms with Crippen LogP contribution in [0, 0.1) is 5.82 Å². The lowest BCUT2D eigenvalue weighted by molar-refractivity contribution is -0.126. The molecule has 0 aliphatic rings. The van der Waals surface area contributed by atoms with Gasteiger partial charge >= 0.3 is 5.97 Å². The summed E-state index contributed by atoms with van der Waals surface area (Å²) in [6.07, 6.45) is 0. The average Bonchev–Trinajstić information content (AvgIpc) is 2.60. The van der Waals surface area contributed by atoms with Crippen LogP contribution in [0.3, 0.4) is 0 Å². The summed E-state index contributed by atoms with van der Waals surface area (Å²) in [5.41, 5.74) is 0.568. The molecular formula is C17H14BrFN2O4. The minimum absolute atomic E-state index is 0.000490. The van der Waals surface area contributed by atoms with Crippen LogP contribution in [-0.4, -0.2) is 30.9 Å².